The number of carbonyl (C=O) groups is 2. The van der Waals surface area contributed by atoms with Gasteiger partial charge >= 0.3 is 17.6 Å². The molecule has 0 bridgehead atoms. The molecular formula is C18H23NO7. The van der Waals surface area contributed by atoms with E-state index < -0.39 is 22.6 Å². The van der Waals surface area contributed by atoms with Crippen LogP contribution >= 0.6 is 0 Å². The number of nitro groups is 1. The lowest BCUT2D eigenvalue weighted by molar-refractivity contribution is -0.385. The molecule has 0 amide bonds. The van der Waals surface area contributed by atoms with Crippen molar-refractivity contribution in [1.82, 2.24) is 0 Å². The minimum atomic E-state index is -0.885. The molecule has 0 saturated carbocycles. The van der Waals surface area contributed by atoms with Crippen LogP contribution in [0.25, 0.3) is 0 Å². The number of esters is 2. The third-order valence-electron chi connectivity index (χ3n) is 3.21. The van der Waals surface area contributed by atoms with E-state index in [0.717, 1.165) is 18.9 Å². The maximum absolute atomic E-state index is 12.2. The number of nitrogens with zero attached hydrogens (tertiary/aromatic N) is 1. The third kappa shape index (κ3) is 7.33. The standard InChI is InChI=1S/C18H23NO7/c1-3-5-11-24-17(20)13-16(18(21)25-12-6-4-2)26-15-10-8-7-9-14(15)19(22)23/h7-10,13H,3-6,11-12H2,1-2H3/b16-13+. The number of carbonyl (C=O) groups excluding carboxylic acids is 2. The molecule has 0 aliphatic carbocycles. The van der Waals surface area contributed by atoms with E-state index in [1.807, 2.05) is 13.8 Å². The Kier molecular flexibility index (Phi) is 9.45. The molecule has 8 nitrogen and oxygen atoms in total. The molecule has 1 aromatic carbocycles. The van der Waals surface area contributed by atoms with Crippen molar-refractivity contribution < 1.29 is 28.7 Å². The first-order chi connectivity index (χ1) is 12.5. The molecule has 0 N–H and O–H groups in total. The molecule has 26 heavy (non-hydrogen) atoms. The number of nitro benzene ring substituents is 1. The van der Waals surface area contributed by atoms with E-state index in [0.29, 0.717) is 12.8 Å². The summed E-state index contributed by atoms with van der Waals surface area (Å²) in [4.78, 5) is 34.5. The summed E-state index contributed by atoms with van der Waals surface area (Å²) >= 11 is 0. The van der Waals surface area contributed by atoms with Crippen LogP contribution in [0.3, 0.4) is 0 Å². The molecule has 0 aromatic heterocycles. The molecule has 0 radical (unpaired) electrons. The topological polar surface area (TPSA) is 105 Å². The van der Waals surface area contributed by atoms with Crippen molar-refractivity contribution in [1.29, 1.82) is 0 Å². The fourth-order valence-corrected chi connectivity index (χ4v) is 1.79. The Balaban J connectivity index is 2.98. The fraction of sp³-hybridized carbons (Fsp3) is 0.444. The third-order valence-corrected chi connectivity index (χ3v) is 3.21. The molecule has 0 aliphatic rings. The second-order valence-corrected chi connectivity index (χ2v) is 5.35. The van der Waals surface area contributed by atoms with Crippen molar-refractivity contribution >= 4 is 17.6 Å². The van der Waals surface area contributed by atoms with Gasteiger partial charge in [0.25, 0.3) is 0 Å². The Morgan fingerprint density at radius 2 is 1.69 bits per heavy atom. The number of rotatable bonds is 11. The summed E-state index contributed by atoms with van der Waals surface area (Å²) in [5, 5.41) is 11.1. The fourth-order valence-electron chi connectivity index (χ4n) is 1.79. The summed E-state index contributed by atoms with van der Waals surface area (Å²) in [6.45, 7) is 4.23. The molecule has 0 atom stereocenters. The first kappa shape index (κ1) is 21.1. The van der Waals surface area contributed by atoms with E-state index in [2.05, 4.69) is 0 Å². The summed E-state index contributed by atoms with van der Waals surface area (Å²) in [5.41, 5.74) is -0.334. The molecule has 1 rings (SSSR count). The smallest absolute Gasteiger partial charge is 0.374 e. The average Bonchev–Trinajstić information content (AvgIpc) is 2.61. The van der Waals surface area contributed by atoms with E-state index in [9.17, 15) is 19.7 Å². The van der Waals surface area contributed by atoms with Crippen molar-refractivity contribution in [2.45, 2.75) is 39.5 Å². The molecule has 0 saturated heterocycles. The zero-order chi connectivity index (χ0) is 19.4. The van der Waals surface area contributed by atoms with Gasteiger partial charge in [0.2, 0.25) is 11.5 Å². The van der Waals surface area contributed by atoms with Crippen molar-refractivity contribution in [3.8, 4) is 5.75 Å². The number of benzene rings is 1. The lowest BCUT2D eigenvalue weighted by atomic mass is 10.3. The van der Waals surface area contributed by atoms with E-state index in [-0.39, 0.29) is 24.7 Å². The Morgan fingerprint density at radius 1 is 1.08 bits per heavy atom. The molecule has 0 aliphatic heterocycles. The molecule has 0 spiro atoms. The molecule has 8 heteroatoms. The minimum Gasteiger partial charge on any atom is -0.462 e. The monoisotopic (exact) mass is 365 g/mol. The van der Waals surface area contributed by atoms with Gasteiger partial charge in [-0.2, -0.15) is 0 Å². The van der Waals surface area contributed by atoms with E-state index in [1.54, 1.807) is 0 Å². The van der Waals surface area contributed by atoms with Crippen LogP contribution in [0.4, 0.5) is 5.69 Å². The van der Waals surface area contributed by atoms with Crippen LogP contribution in [-0.4, -0.2) is 30.1 Å². The molecule has 1 aromatic rings. The van der Waals surface area contributed by atoms with Gasteiger partial charge in [-0.25, -0.2) is 9.59 Å². The zero-order valence-electron chi connectivity index (χ0n) is 14.9. The predicted octanol–water partition coefficient (Wildman–Crippen LogP) is 3.54. The number of hydrogen-bond acceptors (Lipinski definition) is 7. The van der Waals surface area contributed by atoms with Gasteiger partial charge in [0.05, 0.1) is 24.2 Å². The Bertz CT molecular complexity index is 655. The van der Waals surface area contributed by atoms with Crippen LogP contribution in [0.1, 0.15) is 39.5 Å². The lowest BCUT2D eigenvalue weighted by Crippen LogP contribution is -2.16. The van der Waals surface area contributed by atoms with Gasteiger partial charge in [0.1, 0.15) is 0 Å². The van der Waals surface area contributed by atoms with Crippen molar-refractivity contribution in [3.63, 3.8) is 0 Å². The maximum atomic E-state index is 12.2. The van der Waals surface area contributed by atoms with Crippen LogP contribution < -0.4 is 4.74 Å². The van der Waals surface area contributed by atoms with E-state index >= 15 is 0 Å². The van der Waals surface area contributed by atoms with Crippen LogP contribution in [0.15, 0.2) is 36.1 Å². The Morgan fingerprint density at radius 3 is 2.31 bits per heavy atom. The largest absolute Gasteiger partial charge is 0.462 e. The summed E-state index contributed by atoms with van der Waals surface area (Å²) in [7, 11) is 0. The van der Waals surface area contributed by atoms with Crippen LogP contribution in [0, 0.1) is 10.1 Å². The SMILES string of the molecule is CCCCOC(=O)/C=C(/Oc1ccccc1[N+](=O)[O-])C(=O)OCCCC. The maximum Gasteiger partial charge on any atom is 0.374 e. The zero-order valence-corrected chi connectivity index (χ0v) is 14.9. The molecule has 0 fully saturated rings. The van der Waals surface area contributed by atoms with Gasteiger partial charge in [-0.05, 0) is 18.9 Å². The Labute approximate surface area is 151 Å². The lowest BCUT2D eigenvalue weighted by Gasteiger charge is -2.10. The molecular weight excluding hydrogens is 342 g/mol. The van der Waals surface area contributed by atoms with E-state index in [4.69, 9.17) is 14.2 Å². The number of ether oxygens (including phenoxy) is 3. The highest BCUT2D eigenvalue weighted by Crippen LogP contribution is 2.27. The predicted molar refractivity (Wildman–Crippen MR) is 93.5 cm³/mol. The summed E-state index contributed by atoms with van der Waals surface area (Å²) in [6, 6.07) is 5.54. The second-order valence-electron chi connectivity index (χ2n) is 5.35. The van der Waals surface area contributed by atoms with E-state index in [1.165, 1.54) is 24.3 Å². The molecule has 0 heterocycles. The van der Waals surface area contributed by atoms with Gasteiger partial charge in [0, 0.05) is 6.07 Å². The van der Waals surface area contributed by atoms with Crippen molar-refractivity contribution in [2.75, 3.05) is 13.2 Å². The highest BCUT2D eigenvalue weighted by atomic mass is 16.6. The summed E-state index contributed by atoms with van der Waals surface area (Å²) < 4.78 is 15.3. The van der Waals surface area contributed by atoms with Crippen LogP contribution in [0.5, 0.6) is 5.75 Å². The average molecular weight is 365 g/mol. The number of unbranched alkanes of at least 4 members (excludes halogenated alkanes) is 2. The first-order valence-corrected chi connectivity index (χ1v) is 8.46. The molecule has 0 unspecified atom stereocenters. The Hall–Kier alpha value is -2.90. The number of para-hydroxylation sites is 2. The summed E-state index contributed by atoms with van der Waals surface area (Å²) in [6.07, 6.45) is 3.83. The van der Waals surface area contributed by atoms with Gasteiger partial charge in [-0.1, -0.05) is 38.8 Å². The quantitative estimate of drug-likeness (QED) is 0.147. The van der Waals surface area contributed by atoms with Gasteiger partial charge in [0.15, 0.2) is 0 Å². The highest BCUT2D eigenvalue weighted by Gasteiger charge is 2.21. The first-order valence-electron chi connectivity index (χ1n) is 8.46. The highest BCUT2D eigenvalue weighted by molar-refractivity contribution is 5.95. The second kappa shape index (κ2) is 11.6. The van der Waals surface area contributed by atoms with Gasteiger partial charge in [-0.3, -0.25) is 10.1 Å². The van der Waals surface area contributed by atoms with Crippen molar-refractivity contribution in [3.05, 3.63) is 46.2 Å². The van der Waals surface area contributed by atoms with Gasteiger partial charge in [-0.15, -0.1) is 0 Å². The number of hydrogen-bond donors (Lipinski definition) is 0. The van der Waals surface area contributed by atoms with Gasteiger partial charge < -0.3 is 14.2 Å². The normalized spacial score (nSPS) is 10.9. The van der Waals surface area contributed by atoms with Crippen molar-refractivity contribution in [2.24, 2.45) is 0 Å². The minimum absolute atomic E-state index is 0.151. The van der Waals surface area contributed by atoms with Crippen LogP contribution in [-0.2, 0) is 19.1 Å². The molecule has 142 valence electrons. The van der Waals surface area contributed by atoms with Crippen LogP contribution in [0.2, 0.25) is 0 Å². The summed E-state index contributed by atoms with van der Waals surface area (Å²) in [5.74, 6) is -2.29.